The van der Waals surface area contributed by atoms with Crippen LogP contribution in [0.5, 0.6) is 0 Å². The van der Waals surface area contributed by atoms with Gasteiger partial charge in [0.2, 0.25) is 0 Å². The molecule has 0 amide bonds. The van der Waals surface area contributed by atoms with Crippen LogP contribution in [0.25, 0.3) is 6.08 Å². The van der Waals surface area contributed by atoms with Crippen molar-refractivity contribution in [3.63, 3.8) is 0 Å². The molecule has 1 nitrogen and oxygen atoms in total. The predicted molar refractivity (Wildman–Crippen MR) is 58.3 cm³/mol. The van der Waals surface area contributed by atoms with Crippen molar-refractivity contribution in [1.29, 1.82) is 5.26 Å². The Morgan fingerprint density at radius 2 is 2.08 bits per heavy atom. The highest BCUT2D eigenvalue weighted by Crippen LogP contribution is 2.09. The van der Waals surface area contributed by atoms with Gasteiger partial charge in [-0.2, -0.15) is 5.26 Å². The van der Waals surface area contributed by atoms with Gasteiger partial charge >= 0.3 is 0 Å². The summed E-state index contributed by atoms with van der Waals surface area (Å²) in [5, 5.41) is 10.6. The molecule has 0 heterocycles. The Labute approximate surface area is 83.1 Å². The molecule has 0 saturated carbocycles. The molecule has 0 bridgehead atoms. The van der Waals surface area contributed by atoms with Crippen molar-refractivity contribution >= 4 is 17.8 Å². The molecular weight excluding hydrogens is 178 g/mol. The highest BCUT2D eigenvalue weighted by Gasteiger charge is 1.88. The summed E-state index contributed by atoms with van der Waals surface area (Å²) in [7, 11) is 0. The maximum absolute atomic E-state index is 8.57. The van der Waals surface area contributed by atoms with Crippen molar-refractivity contribution in [3.05, 3.63) is 40.8 Å². The van der Waals surface area contributed by atoms with Crippen LogP contribution >= 0.6 is 11.8 Å². The molecule has 0 spiro atoms. The van der Waals surface area contributed by atoms with Crippen molar-refractivity contribution in [2.45, 2.75) is 6.92 Å². The average molecular weight is 189 g/mol. The van der Waals surface area contributed by atoms with Gasteiger partial charge in [0.15, 0.2) is 0 Å². The zero-order valence-electron chi connectivity index (χ0n) is 7.53. The standard InChI is InChI=1S/C11H11NS/c1-2-13-8-7-10-3-5-11(9-12)6-4-10/h3-8H,2H2,1H3/b8-7+. The summed E-state index contributed by atoms with van der Waals surface area (Å²) in [6.07, 6.45) is 2.05. The van der Waals surface area contributed by atoms with Crippen LogP contribution in [-0.4, -0.2) is 5.75 Å². The third kappa shape index (κ3) is 3.35. The molecule has 2 heteroatoms. The van der Waals surface area contributed by atoms with Gasteiger partial charge in [-0.05, 0) is 34.9 Å². The Morgan fingerprint density at radius 1 is 1.38 bits per heavy atom. The summed E-state index contributed by atoms with van der Waals surface area (Å²) < 4.78 is 0. The lowest BCUT2D eigenvalue weighted by atomic mass is 10.1. The molecule has 0 aliphatic carbocycles. The van der Waals surface area contributed by atoms with Gasteiger partial charge in [0.05, 0.1) is 11.6 Å². The number of benzene rings is 1. The van der Waals surface area contributed by atoms with Crippen LogP contribution in [-0.2, 0) is 0 Å². The first-order valence-electron chi connectivity index (χ1n) is 4.15. The number of nitrogens with zero attached hydrogens (tertiary/aromatic N) is 1. The summed E-state index contributed by atoms with van der Waals surface area (Å²) in [5.41, 5.74) is 1.85. The number of thioether (sulfide) groups is 1. The molecule has 0 aliphatic heterocycles. The first-order valence-corrected chi connectivity index (χ1v) is 5.20. The van der Waals surface area contributed by atoms with Gasteiger partial charge in [0.25, 0.3) is 0 Å². The molecular formula is C11H11NS. The minimum absolute atomic E-state index is 0.709. The third-order valence-corrected chi connectivity index (χ3v) is 2.23. The Bertz CT molecular complexity index is 319. The van der Waals surface area contributed by atoms with E-state index in [-0.39, 0.29) is 0 Å². The molecule has 0 fully saturated rings. The second-order valence-electron chi connectivity index (χ2n) is 2.49. The molecule has 66 valence electrons. The molecule has 0 atom stereocenters. The summed E-state index contributed by atoms with van der Waals surface area (Å²) in [6, 6.07) is 9.65. The van der Waals surface area contributed by atoms with E-state index in [2.05, 4.69) is 24.5 Å². The van der Waals surface area contributed by atoms with E-state index >= 15 is 0 Å². The average Bonchev–Trinajstić information content (AvgIpc) is 2.19. The van der Waals surface area contributed by atoms with Crippen LogP contribution in [0.2, 0.25) is 0 Å². The number of hydrogen-bond donors (Lipinski definition) is 0. The van der Waals surface area contributed by atoms with Crippen LogP contribution in [0, 0.1) is 11.3 Å². The maximum Gasteiger partial charge on any atom is 0.0991 e. The summed E-state index contributed by atoms with van der Waals surface area (Å²) in [6.45, 7) is 2.12. The lowest BCUT2D eigenvalue weighted by Gasteiger charge is -1.92. The fourth-order valence-electron chi connectivity index (χ4n) is 0.892. The molecule has 0 N–H and O–H groups in total. The molecule has 0 aliphatic rings. The minimum atomic E-state index is 0.709. The molecule has 0 aromatic heterocycles. The van der Waals surface area contributed by atoms with Crippen LogP contribution in [0.1, 0.15) is 18.1 Å². The second kappa shape index (κ2) is 5.45. The first-order chi connectivity index (χ1) is 6.36. The van der Waals surface area contributed by atoms with E-state index in [1.54, 1.807) is 11.8 Å². The summed E-state index contributed by atoms with van der Waals surface area (Å²) in [5.74, 6) is 1.09. The lowest BCUT2D eigenvalue weighted by Crippen LogP contribution is -1.74. The van der Waals surface area contributed by atoms with Crippen molar-refractivity contribution in [2.75, 3.05) is 5.75 Å². The molecule has 1 rings (SSSR count). The summed E-state index contributed by atoms with van der Waals surface area (Å²) >= 11 is 1.77. The Balaban J connectivity index is 2.65. The van der Waals surface area contributed by atoms with E-state index in [1.807, 2.05) is 24.3 Å². The van der Waals surface area contributed by atoms with Crippen molar-refractivity contribution < 1.29 is 0 Å². The van der Waals surface area contributed by atoms with E-state index in [9.17, 15) is 0 Å². The van der Waals surface area contributed by atoms with Crippen molar-refractivity contribution in [1.82, 2.24) is 0 Å². The number of hydrogen-bond acceptors (Lipinski definition) is 2. The molecule has 1 aromatic carbocycles. The van der Waals surface area contributed by atoms with Gasteiger partial charge in [-0.1, -0.05) is 19.1 Å². The molecule has 13 heavy (non-hydrogen) atoms. The van der Waals surface area contributed by atoms with Gasteiger partial charge in [-0.15, -0.1) is 11.8 Å². The highest BCUT2D eigenvalue weighted by molar-refractivity contribution is 8.02. The monoisotopic (exact) mass is 189 g/mol. The van der Waals surface area contributed by atoms with Gasteiger partial charge < -0.3 is 0 Å². The summed E-state index contributed by atoms with van der Waals surface area (Å²) in [4.78, 5) is 0. The largest absolute Gasteiger partial charge is 0.192 e. The SMILES string of the molecule is CCS/C=C/c1ccc(C#N)cc1. The fraction of sp³-hybridized carbons (Fsp3) is 0.182. The van der Waals surface area contributed by atoms with Crippen LogP contribution in [0.4, 0.5) is 0 Å². The smallest absolute Gasteiger partial charge is 0.0991 e. The highest BCUT2D eigenvalue weighted by atomic mass is 32.2. The zero-order valence-corrected chi connectivity index (χ0v) is 8.34. The topological polar surface area (TPSA) is 23.8 Å². The van der Waals surface area contributed by atoms with Gasteiger partial charge in [-0.3, -0.25) is 0 Å². The van der Waals surface area contributed by atoms with Crippen molar-refractivity contribution in [3.8, 4) is 6.07 Å². The number of nitriles is 1. The van der Waals surface area contributed by atoms with E-state index in [0.29, 0.717) is 5.56 Å². The maximum atomic E-state index is 8.57. The van der Waals surface area contributed by atoms with Gasteiger partial charge in [0, 0.05) is 0 Å². The Hall–Kier alpha value is -1.20. The van der Waals surface area contributed by atoms with E-state index in [0.717, 1.165) is 11.3 Å². The van der Waals surface area contributed by atoms with E-state index in [1.165, 1.54) is 0 Å². The van der Waals surface area contributed by atoms with Gasteiger partial charge in [0.1, 0.15) is 0 Å². The quantitative estimate of drug-likeness (QED) is 0.728. The van der Waals surface area contributed by atoms with E-state index < -0.39 is 0 Å². The Morgan fingerprint density at radius 3 is 2.62 bits per heavy atom. The predicted octanol–water partition coefficient (Wildman–Crippen LogP) is 3.28. The minimum Gasteiger partial charge on any atom is -0.192 e. The van der Waals surface area contributed by atoms with Crippen LogP contribution in [0.3, 0.4) is 0 Å². The van der Waals surface area contributed by atoms with Crippen LogP contribution < -0.4 is 0 Å². The van der Waals surface area contributed by atoms with Crippen LogP contribution in [0.15, 0.2) is 29.7 Å². The molecule has 0 unspecified atom stereocenters. The molecule has 0 saturated heterocycles. The second-order valence-corrected chi connectivity index (χ2v) is 3.67. The zero-order chi connectivity index (χ0) is 9.52. The fourth-order valence-corrected chi connectivity index (χ4v) is 1.34. The van der Waals surface area contributed by atoms with E-state index in [4.69, 9.17) is 5.26 Å². The number of rotatable bonds is 3. The molecule has 0 radical (unpaired) electrons. The first kappa shape index (κ1) is 9.88. The lowest BCUT2D eigenvalue weighted by molar-refractivity contribution is 1.48. The molecule has 1 aromatic rings. The normalized spacial score (nSPS) is 10.2. The third-order valence-electron chi connectivity index (χ3n) is 1.56. The Kier molecular flexibility index (Phi) is 4.14. The van der Waals surface area contributed by atoms with Crippen molar-refractivity contribution in [2.24, 2.45) is 0 Å². The van der Waals surface area contributed by atoms with Gasteiger partial charge in [-0.25, -0.2) is 0 Å².